The molecule has 18 heavy (non-hydrogen) atoms. The predicted molar refractivity (Wildman–Crippen MR) is 73.6 cm³/mol. The first-order valence-corrected chi connectivity index (χ1v) is 6.03. The Balaban J connectivity index is 2.40. The molecule has 0 aliphatic rings. The van der Waals surface area contributed by atoms with Crippen LogP contribution in [0.5, 0.6) is 0 Å². The molecule has 0 N–H and O–H groups in total. The highest BCUT2D eigenvalue weighted by atomic mass is 16.4. The lowest BCUT2D eigenvalue weighted by Gasteiger charge is -1.96. The number of nitrogens with zero attached hydrogens (tertiary/aromatic N) is 2. The van der Waals surface area contributed by atoms with Crippen LogP contribution in [0.3, 0.4) is 0 Å². The molecule has 1 aromatic carbocycles. The standard InChI is InChI=1S/C15H14N2O/c1-3-5-8-12-11(4-2)16-15-17(12)13-9-6-7-10-14(13)18-15/h3,5-10H,1,4H2,2H3/b8-5-. The molecule has 3 rings (SSSR count). The van der Waals surface area contributed by atoms with Gasteiger partial charge in [-0.3, -0.25) is 4.40 Å². The Hall–Kier alpha value is -2.29. The maximum absolute atomic E-state index is 5.75. The number of oxazole rings is 1. The summed E-state index contributed by atoms with van der Waals surface area (Å²) < 4.78 is 7.80. The average Bonchev–Trinajstić information content (AvgIpc) is 2.91. The zero-order chi connectivity index (χ0) is 12.5. The highest BCUT2D eigenvalue weighted by molar-refractivity contribution is 5.78. The van der Waals surface area contributed by atoms with Crippen LogP contribution in [0.2, 0.25) is 0 Å². The Morgan fingerprint density at radius 3 is 3.00 bits per heavy atom. The van der Waals surface area contributed by atoms with Crippen LogP contribution in [-0.4, -0.2) is 9.38 Å². The molecule has 0 aliphatic heterocycles. The number of aryl methyl sites for hydroxylation is 1. The van der Waals surface area contributed by atoms with Gasteiger partial charge in [0.1, 0.15) is 0 Å². The largest absolute Gasteiger partial charge is 0.423 e. The molecule has 0 spiro atoms. The molecule has 90 valence electrons. The lowest BCUT2D eigenvalue weighted by Crippen LogP contribution is -1.88. The number of rotatable bonds is 3. The first kappa shape index (κ1) is 10.8. The molecular weight excluding hydrogens is 224 g/mol. The summed E-state index contributed by atoms with van der Waals surface area (Å²) in [5, 5.41) is 0. The quantitative estimate of drug-likeness (QED) is 0.649. The van der Waals surface area contributed by atoms with Crippen LogP contribution in [0.1, 0.15) is 18.3 Å². The second-order valence-corrected chi connectivity index (χ2v) is 4.08. The average molecular weight is 238 g/mol. The summed E-state index contributed by atoms with van der Waals surface area (Å²) in [5.41, 5.74) is 4.01. The minimum Gasteiger partial charge on any atom is -0.423 e. The van der Waals surface area contributed by atoms with Gasteiger partial charge in [-0.05, 0) is 24.6 Å². The topological polar surface area (TPSA) is 30.4 Å². The summed E-state index contributed by atoms with van der Waals surface area (Å²) in [6.07, 6.45) is 6.58. The number of para-hydroxylation sites is 2. The van der Waals surface area contributed by atoms with Crippen LogP contribution in [0.4, 0.5) is 0 Å². The fraction of sp³-hybridized carbons (Fsp3) is 0.133. The van der Waals surface area contributed by atoms with Crippen molar-refractivity contribution in [1.29, 1.82) is 0 Å². The second kappa shape index (κ2) is 4.18. The van der Waals surface area contributed by atoms with E-state index in [1.165, 1.54) is 0 Å². The van der Waals surface area contributed by atoms with Gasteiger partial charge in [-0.15, -0.1) is 0 Å². The number of benzene rings is 1. The van der Waals surface area contributed by atoms with E-state index in [0.29, 0.717) is 5.84 Å². The van der Waals surface area contributed by atoms with Gasteiger partial charge in [0.2, 0.25) is 0 Å². The Bertz CT molecular complexity index is 746. The molecule has 2 aromatic heterocycles. The van der Waals surface area contributed by atoms with Crippen LogP contribution in [0.15, 0.2) is 47.4 Å². The van der Waals surface area contributed by atoms with Crippen molar-refractivity contribution in [2.75, 3.05) is 0 Å². The van der Waals surface area contributed by atoms with Crippen LogP contribution < -0.4 is 0 Å². The molecule has 3 nitrogen and oxygen atoms in total. The third-order valence-corrected chi connectivity index (χ3v) is 2.99. The smallest absolute Gasteiger partial charge is 0.307 e. The van der Waals surface area contributed by atoms with Gasteiger partial charge in [-0.1, -0.05) is 37.8 Å². The summed E-state index contributed by atoms with van der Waals surface area (Å²) in [6.45, 7) is 5.80. The molecule has 0 bridgehead atoms. The van der Waals surface area contributed by atoms with Crippen molar-refractivity contribution in [3.05, 3.63) is 54.4 Å². The Morgan fingerprint density at radius 1 is 1.39 bits per heavy atom. The van der Waals surface area contributed by atoms with Crippen molar-refractivity contribution in [2.45, 2.75) is 13.3 Å². The zero-order valence-electron chi connectivity index (χ0n) is 10.3. The fourth-order valence-electron chi connectivity index (χ4n) is 2.17. The van der Waals surface area contributed by atoms with Crippen LogP contribution in [0.25, 0.3) is 23.0 Å². The molecule has 0 saturated carbocycles. The fourth-order valence-corrected chi connectivity index (χ4v) is 2.17. The van der Waals surface area contributed by atoms with Gasteiger partial charge in [0.05, 0.1) is 16.9 Å². The van der Waals surface area contributed by atoms with Crippen molar-refractivity contribution in [3.8, 4) is 0 Å². The Kier molecular flexibility index (Phi) is 2.52. The summed E-state index contributed by atoms with van der Waals surface area (Å²) in [7, 11) is 0. The van der Waals surface area contributed by atoms with Crippen molar-refractivity contribution >= 4 is 23.0 Å². The number of aromatic nitrogens is 2. The van der Waals surface area contributed by atoms with Crippen molar-refractivity contribution in [2.24, 2.45) is 0 Å². The molecule has 2 heterocycles. The maximum Gasteiger partial charge on any atom is 0.307 e. The second-order valence-electron chi connectivity index (χ2n) is 4.08. The van der Waals surface area contributed by atoms with E-state index in [0.717, 1.165) is 28.9 Å². The highest BCUT2D eigenvalue weighted by Gasteiger charge is 2.14. The van der Waals surface area contributed by atoms with Crippen molar-refractivity contribution < 1.29 is 4.42 Å². The summed E-state index contributed by atoms with van der Waals surface area (Å²) in [6, 6.07) is 7.96. The Morgan fingerprint density at radius 2 is 2.22 bits per heavy atom. The van der Waals surface area contributed by atoms with Gasteiger partial charge in [0, 0.05) is 0 Å². The van der Waals surface area contributed by atoms with E-state index in [-0.39, 0.29) is 0 Å². The summed E-state index contributed by atoms with van der Waals surface area (Å²) in [5.74, 6) is 0.650. The van der Waals surface area contributed by atoms with E-state index in [2.05, 4.69) is 18.5 Å². The number of hydrogen-bond donors (Lipinski definition) is 0. The van der Waals surface area contributed by atoms with E-state index in [9.17, 15) is 0 Å². The molecule has 0 aliphatic carbocycles. The molecule has 0 atom stereocenters. The minimum atomic E-state index is 0.650. The van der Waals surface area contributed by atoms with E-state index >= 15 is 0 Å². The molecule has 0 radical (unpaired) electrons. The molecular formula is C15H14N2O. The van der Waals surface area contributed by atoms with Gasteiger partial charge in [0.15, 0.2) is 5.58 Å². The Labute approximate surface area is 105 Å². The van der Waals surface area contributed by atoms with Crippen LogP contribution >= 0.6 is 0 Å². The van der Waals surface area contributed by atoms with E-state index in [4.69, 9.17) is 4.42 Å². The van der Waals surface area contributed by atoms with Crippen molar-refractivity contribution in [3.63, 3.8) is 0 Å². The normalized spacial score (nSPS) is 11.8. The van der Waals surface area contributed by atoms with Crippen LogP contribution in [-0.2, 0) is 6.42 Å². The summed E-state index contributed by atoms with van der Waals surface area (Å²) in [4.78, 5) is 4.53. The molecule has 0 fully saturated rings. The third-order valence-electron chi connectivity index (χ3n) is 2.99. The van der Waals surface area contributed by atoms with E-state index < -0.39 is 0 Å². The first-order valence-electron chi connectivity index (χ1n) is 6.03. The van der Waals surface area contributed by atoms with Gasteiger partial charge < -0.3 is 4.42 Å². The predicted octanol–water partition coefficient (Wildman–Crippen LogP) is 3.84. The molecule has 0 saturated heterocycles. The van der Waals surface area contributed by atoms with Gasteiger partial charge >= 0.3 is 5.84 Å². The molecule has 3 heteroatoms. The maximum atomic E-state index is 5.75. The van der Waals surface area contributed by atoms with Crippen molar-refractivity contribution in [1.82, 2.24) is 9.38 Å². The molecule has 0 amide bonds. The number of fused-ring (bicyclic) bond motifs is 3. The minimum absolute atomic E-state index is 0.650. The number of hydrogen-bond acceptors (Lipinski definition) is 2. The number of imidazole rings is 1. The van der Waals surface area contributed by atoms with E-state index in [1.54, 1.807) is 6.08 Å². The van der Waals surface area contributed by atoms with Crippen LogP contribution in [0, 0.1) is 0 Å². The zero-order valence-corrected chi connectivity index (χ0v) is 10.3. The lowest BCUT2D eigenvalue weighted by molar-refractivity contribution is 0.640. The monoisotopic (exact) mass is 238 g/mol. The van der Waals surface area contributed by atoms with Gasteiger partial charge in [-0.2, -0.15) is 4.98 Å². The third kappa shape index (κ3) is 1.48. The molecule has 0 unspecified atom stereocenters. The highest BCUT2D eigenvalue weighted by Crippen LogP contribution is 2.24. The lowest BCUT2D eigenvalue weighted by atomic mass is 10.2. The summed E-state index contributed by atoms with van der Waals surface area (Å²) >= 11 is 0. The SMILES string of the molecule is C=C/C=C\c1c(CC)nc2oc3ccccc3n12. The number of allylic oxidation sites excluding steroid dienone is 2. The van der Waals surface area contributed by atoms with Gasteiger partial charge in [0.25, 0.3) is 0 Å². The van der Waals surface area contributed by atoms with E-state index in [1.807, 2.05) is 40.8 Å². The first-order chi connectivity index (χ1) is 8.85. The van der Waals surface area contributed by atoms with Gasteiger partial charge in [-0.25, -0.2) is 0 Å². The molecule has 3 aromatic rings.